The molecule has 2 aromatic heterocycles. The predicted molar refractivity (Wildman–Crippen MR) is 85.7 cm³/mol. The van der Waals surface area contributed by atoms with E-state index in [-0.39, 0.29) is 18.2 Å². The molecule has 6 heteroatoms. The van der Waals surface area contributed by atoms with E-state index in [2.05, 4.69) is 21.7 Å². The third-order valence-electron chi connectivity index (χ3n) is 3.61. The molecule has 1 N–H and O–H groups in total. The van der Waals surface area contributed by atoms with Crippen molar-refractivity contribution in [2.75, 3.05) is 13.1 Å². The van der Waals surface area contributed by atoms with Crippen LogP contribution in [0, 0.1) is 0 Å². The fraction of sp³-hybridized carbons (Fsp3) is 0.375. The molecule has 1 aliphatic heterocycles. The van der Waals surface area contributed by atoms with E-state index in [1.54, 1.807) is 17.5 Å². The fourth-order valence-corrected chi connectivity index (χ4v) is 3.24. The van der Waals surface area contributed by atoms with Crippen molar-refractivity contribution < 1.29 is 9.53 Å². The van der Waals surface area contributed by atoms with Crippen LogP contribution in [0.5, 0.6) is 0 Å². The van der Waals surface area contributed by atoms with Gasteiger partial charge >= 0.3 is 6.03 Å². The third-order valence-corrected chi connectivity index (χ3v) is 4.31. The monoisotopic (exact) mass is 317 g/mol. The van der Waals surface area contributed by atoms with Crippen LogP contribution in [0.3, 0.4) is 0 Å². The maximum atomic E-state index is 12.4. The second-order valence-electron chi connectivity index (χ2n) is 5.38. The van der Waals surface area contributed by atoms with E-state index < -0.39 is 0 Å². The maximum absolute atomic E-state index is 12.4. The molecule has 5 nitrogen and oxygen atoms in total. The smallest absolute Gasteiger partial charge is 0.317 e. The highest BCUT2D eigenvalue weighted by molar-refractivity contribution is 7.07. The first-order valence-corrected chi connectivity index (χ1v) is 8.27. The minimum atomic E-state index is -0.0685. The van der Waals surface area contributed by atoms with Gasteiger partial charge in [0.1, 0.15) is 6.10 Å². The highest BCUT2D eigenvalue weighted by atomic mass is 32.1. The zero-order valence-electron chi connectivity index (χ0n) is 12.4. The lowest BCUT2D eigenvalue weighted by atomic mass is 10.1. The Bertz CT molecular complexity index is 603. The highest BCUT2D eigenvalue weighted by Crippen LogP contribution is 2.26. The number of hydrogen-bond acceptors (Lipinski definition) is 4. The molecule has 1 saturated heterocycles. The molecule has 0 bridgehead atoms. The molecule has 3 heterocycles. The molecule has 0 saturated carbocycles. The zero-order chi connectivity index (χ0) is 15.4. The Morgan fingerprint density at radius 2 is 2.36 bits per heavy atom. The van der Waals surface area contributed by atoms with Gasteiger partial charge in [0.2, 0.25) is 0 Å². The number of amides is 2. The van der Waals surface area contributed by atoms with Gasteiger partial charge in [-0.25, -0.2) is 4.79 Å². The second-order valence-corrected chi connectivity index (χ2v) is 6.16. The number of nitrogens with zero attached hydrogens (tertiary/aromatic N) is 2. The zero-order valence-corrected chi connectivity index (χ0v) is 13.3. The molecule has 0 unspecified atom stereocenters. The van der Waals surface area contributed by atoms with Gasteiger partial charge in [0.05, 0.1) is 24.9 Å². The van der Waals surface area contributed by atoms with Gasteiger partial charge in [-0.1, -0.05) is 6.07 Å². The first-order chi connectivity index (χ1) is 10.7. The largest absolute Gasteiger partial charge is 0.367 e. The molecule has 2 aromatic rings. The van der Waals surface area contributed by atoms with Crippen molar-refractivity contribution in [1.29, 1.82) is 0 Å². The lowest BCUT2D eigenvalue weighted by Gasteiger charge is -2.36. The summed E-state index contributed by atoms with van der Waals surface area (Å²) in [6.45, 7) is 3.62. The van der Waals surface area contributed by atoms with Gasteiger partial charge in [-0.2, -0.15) is 11.3 Å². The summed E-state index contributed by atoms with van der Waals surface area (Å²) in [5, 5.41) is 7.03. The lowest BCUT2D eigenvalue weighted by Crippen LogP contribution is -2.49. The normalized spacial score (nSPS) is 21.6. The summed E-state index contributed by atoms with van der Waals surface area (Å²) in [6, 6.07) is 7.66. The molecule has 22 heavy (non-hydrogen) atoms. The number of nitrogens with one attached hydrogen (secondary N) is 1. The average molecular weight is 317 g/mol. The Kier molecular flexibility index (Phi) is 4.70. The first-order valence-electron chi connectivity index (χ1n) is 7.32. The average Bonchev–Trinajstić information content (AvgIpc) is 3.07. The number of carbonyl (C=O) groups is 1. The van der Waals surface area contributed by atoms with Crippen LogP contribution in [0.2, 0.25) is 0 Å². The van der Waals surface area contributed by atoms with Gasteiger partial charge < -0.3 is 15.0 Å². The van der Waals surface area contributed by atoms with Crippen LogP contribution in [0.4, 0.5) is 4.79 Å². The Hall–Kier alpha value is -1.92. The lowest BCUT2D eigenvalue weighted by molar-refractivity contribution is -0.0655. The predicted octanol–water partition coefficient (Wildman–Crippen LogP) is 2.81. The molecule has 116 valence electrons. The van der Waals surface area contributed by atoms with Crippen molar-refractivity contribution in [3.8, 4) is 0 Å². The summed E-state index contributed by atoms with van der Waals surface area (Å²) < 4.78 is 5.95. The summed E-state index contributed by atoms with van der Waals surface area (Å²) in [7, 11) is 0. The van der Waals surface area contributed by atoms with Gasteiger partial charge in [-0.05, 0) is 41.4 Å². The first kappa shape index (κ1) is 15.0. The molecule has 3 rings (SSSR count). The van der Waals surface area contributed by atoms with Gasteiger partial charge in [0, 0.05) is 12.7 Å². The summed E-state index contributed by atoms with van der Waals surface area (Å²) in [5.74, 6) is 0. The number of pyridine rings is 1. The number of morpholine rings is 1. The van der Waals surface area contributed by atoms with E-state index in [4.69, 9.17) is 4.74 Å². The SMILES string of the molecule is C[C@H]1CN(C(=O)NCc2ccccn2)C[C@@H](c2ccsc2)O1. The summed E-state index contributed by atoms with van der Waals surface area (Å²) in [4.78, 5) is 18.4. The fourth-order valence-electron chi connectivity index (χ4n) is 2.54. The molecule has 0 spiro atoms. The standard InChI is InChI=1S/C16H19N3O2S/c1-12-9-19(10-15(21-12)13-5-7-22-11-13)16(20)18-8-14-4-2-3-6-17-14/h2-7,11-12,15H,8-10H2,1H3,(H,18,20)/t12-,15-/m0/s1. The number of carbonyl (C=O) groups excluding carboxylic acids is 1. The van der Waals surface area contributed by atoms with Crippen molar-refractivity contribution in [2.24, 2.45) is 0 Å². The molecule has 1 aliphatic rings. The van der Waals surface area contributed by atoms with Crippen LogP contribution < -0.4 is 5.32 Å². The highest BCUT2D eigenvalue weighted by Gasteiger charge is 2.29. The van der Waals surface area contributed by atoms with Gasteiger partial charge in [-0.15, -0.1) is 0 Å². The quantitative estimate of drug-likeness (QED) is 0.947. The Morgan fingerprint density at radius 1 is 1.45 bits per heavy atom. The van der Waals surface area contributed by atoms with Crippen molar-refractivity contribution in [3.05, 3.63) is 52.5 Å². The number of urea groups is 1. The van der Waals surface area contributed by atoms with E-state index in [1.165, 1.54) is 0 Å². The van der Waals surface area contributed by atoms with E-state index in [1.807, 2.05) is 35.4 Å². The van der Waals surface area contributed by atoms with Gasteiger partial charge in [-0.3, -0.25) is 4.98 Å². The Labute approximate surface area is 133 Å². The summed E-state index contributed by atoms with van der Waals surface area (Å²) >= 11 is 1.64. The van der Waals surface area contributed by atoms with E-state index in [0.29, 0.717) is 19.6 Å². The van der Waals surface area contributed by atoms with Crippen LogP contribution in [0.1, 0.15) is 24.3 Å². The van der Waals surface area contributed by atoms with E-state index in [0.717, 1.165) is 11.3 Å². The molecule has 0 aliphatic carbocycles. The number of hydrogen-bond donors (Lipinski definition) is 1. The van der Waals surface area contributed by atoms with Crippen LogP contribution >= 0.6 is 11.3 Å². The molecule has 0 aromatic carbocycles. The van der Waals surface area contributed by atoms with E-state index in [9.17, 15) is 4.79 Å². The molecule has 1 fully saturated rings. The van der Waals surface area contributed by atoms with Crippen LogP contribution in [0.25, 0.3) is 0 Å². The number of rotatable bonds is 3. The maximum Gasteiger partial charge on any atom is 0.317 e. The number of ether oxygens (including phenoxy) is 1. The summed E-state index contributed by atoms with van der Waals surface area (Å²) in [6.07, 6.45) is 1.71. The molecular formula is C16H19N3O2S. The second kappa shape index (κ2) is 6.89. The molecule has 0 radical (unpaired) electrons. The topological polar surface area (TPSA) is 54.5 Å². The number of aromatic nitrogens is 1. The number of thiophene rings is 1. The molecular weight excluding hydrogens is 298 g/mol. The van der Waals surface area contributed by atoms with Crippen molar-refractivity contribution in [3.63, 3.8) is 0 Å². The third kappa shape index (κ3) is 3.64. The Morgan fingerprint density at radius 3 is 3.09 bits per heavy atom. The molecule has 2 atom stereocenters. The van der Waals surface area contributed by atoms with Crippen LogP contribution in [-0.2, 0) is 11.3 Å². The van der Waals surface area contributed by atoms with Crippen molar-refractivity contribution in [2.45, 2.75) is 25.7 Å². The summed E-state index contributed by atoms with van der Waals surface area (Å²) in [5.41, 5.74) is 1.99. The minimum Gasteiger partial charge on any atom is -0.367 e. The van der Waals surface area contributed by atoms with Gasteiger partial charge in [0.15, 0.2) is 0 Å². The van der Waals surface area contributed by atoms with Gasteiger partial charge in [0.25, 0.3) is 0 Å². The van der Waals surface area contributed by atoms with Crippen molar-refractivity contribution in [1.82, 2.24) is 15.2 Å². The minimum absolute atomic E-state index is 0.0271. The van der Waals surface area contributed by atoms with Crippen LogP contribution in [-0.4, -0.2) is 35.1 Å². The van der Waals surface area contributed by atoms with Crippen LogP contribution in [0.15, 0.2) is 41.2 Å². The molecule has 2 amide bonds. The van der Waals surface area contributed by atoms with Crippen molar-refractivity contribution >= 4 is 17.4 Å². The Balaban J connectivity index is 1.59. The van der Waals surface area contributed by atoms with E-state index >= 15 is 0 Å².